The predicted octanol–water partition coefficient (Wildman–Crippen LogP) is 5.24. The van der Waals surface area contributed by atoms with Gasteiger partial charge in [0.1, 0.15) is 0 Å². The van der Waals surface area contributed by atoms with Crippen molar-refractivity contribution in [3.05, 3.63) is 62.7 Å². The minimum absolute atomic E-state index is 0.0538. The molecule has 0 amide bonds. The van der Waals surface area contributed by atoms with Crippen LogP contribution in [0.25, 0.3) is 6.08 Å². The molecule has 0 saturated carbocycles. The molecule has 140 valence electrons. The van der Waals surface area contributed by atoms with Gasteiger partial charge < -0.3 is 14.2 Å². The molecule has 1 aliphatic heterocycles. The van der Waals surface area contributed by atoms with Crippen LogP contribution in [0.1, 0.15) is 25.0 Å². The second-order valence-corrected chi connectivity index (χ2v) is 7.28. The van der Waals surface area contributed by atoms with Crippen molar-refractivity contribution in [1.29, 1.82) is 0 Å². The van der Waals surface area contributed by atoms with E-state index in [0.717, 1.165) is 4.47 Å². The minimum Gasteiger partial charge on any atom is -0.493 e. The van der Waals surface area contributed by atoms with E-state index in [1.807, 2.05) is 38.1 Å². The Morgan fingerprint density at radius 1 is 1.26 bits per heavy atom. The molecule has 0 spiro atoms. The molecule has 0 unspecified atom stereocenters. The standard InChI is InChI=1S/C20H17BrClNO4/c1-11(2)26-18-15(22)8-12(10-17(18)25-3)9-16-20(24)27-19(23-16)13-6-4-5-7-14(13)21/h4-11H,1-3H3/b16-9-. The maximum Gasteiger partial charge on any atom is 0.363 e. The van der Waals surface area contributed by atoms with Crippen LogP contribution in [0.4, 0.5) is 0 Å². The highest BCUT2D eigenvalue weighted by Crippen LogP contribution is 2.38. The van der Waals surface area contributed by atoms with E-state index in [-0.39, 0.29) is 17.7 Å². The number of cyclic esters (lactones) is 1. The Balaban J connectivity index is 1.98. The third-order valence-electron chi connectivity index (χ3n) is 3.63. The number of carbonyl (C=O) groups excluding carboxylic acids is 1. The van der Waals surface area contributed by atoms with E-state index in [2.05, 4.69) is 20.9 Å². The fourth-order valence-corrected chi connectivity index (χ4v) is 3.21. The van der Waals surface area contributed by atoms with Crippen LogP contribution in [-0.2, 0) is 9.53 Å². The molecule has 0 bridgehead atoms. The lowest BCUT2D eigenvalue weighted by atomic mass is 10.1. The smallest absolute Gasteiger partial charge is 0.363 e. The van der Waals surface area contributed by atoms with Crippen molar-refractivity contribution in [2.45, 2.75) is 20.0 Å². The lowest BCUT2D eigenvalue weighted by Gasteiger charge is -2.15. The highest BCUT2D eigenvalue weighted by molar-refractivity contribution is 9.10. The van der Waals surface area contributed by atoms with Crippen LogP contribution in [-0.4, -0.2) is 25.1 Å². The number of hydrogen-bond acceptors (Lipinski definition) is 5. The fourth-order valence-electron chi connectivity index (χ4n) is 2.49. The van der Waals surface area contributed by atoms with Gasteiger partial charge in [-0.05, 0) is 65.7 Å². The number of hydrogen-bond donors (Lipinski definition) is 0. The molecule has 5 nitrogen and oxygen atoms in total. The van der Waals surface area contributed by atoms with E-state index in [1.54, 1.807) is 18.2 Å². The Kier molecular flexibility index (Phi) is 5.87. The summed E-state index contributed by atoms with van der Waals surface area (Å²) in [7, 11) is 1.53. The van der Waals surface area contributed by atoms with Gasteiger partial charge in [0.05, 0.1) is 23.8 Å². The second kappa shape index (κ2) is 8.15. The van der Waals surface area contributed by atoms with Crippen molar-refractivity contribution in [3.63, 3.8) is 0 Å². The van der Waals surface area contributed by atoms with Crippen molar-refractivity contribution in [1.82, 2.24) is 0 Å². The molecule has 0 aromatic heterocycles. The molecule has 7 heteroatoms. The largest absolute Gasteiger partial charge is 0.493 e. The molecular formula is C20H17BrClNO4. The number of halogens is 2. The summed E-state index contributed by atoms with van der Waals surface area (Å²) in [4.78, 5) is 16.5. The second-order valence-electron chi connectivity index (χ2n) is 6.02. The number of methoxy groups -OCH3 is 1. The third-order valence-corrected chi connectivity index (χ3v) is 4.61. The molecule has 2 aromatic rings. The molecule has 2 aromatic carbocycles. The Labute approximate surface area is 170 Å². The molecule has 0 N–H and O–H groups in total. The summed E-state index contributed by atoms with van der Waals surface area (Å²) in [6, 6.07) is 10.8. The van der Waals surface area contributed by atoms with Crippen LogP contribution in [0, 0.1) is 0 Å². The van der Waals surface area contributed by atoms with Crippen LogP contribution < -0.4 is 9.47 Å². The third kappa shape index (κ3) is 4.34. The summed E-state index contributed by atoms with van der Waals surface area (Å²) in [5.74, 6) is 0.655. The van der Waals surface area contributed by atoms with Gasteiger partial charge >= 0.3 is 5.97 Å². The average Bonchev–Trinajstić information content (AvgIpc) is 2.97. The van der Waals surface area contributed by atoms with Gasteiger partial charge in [0.25, 0.3) is 0 Å². The Bertz CT molecular complexity index is 953. The van der Waals surface area contributed by atoms with Crippen LogP contribution in [0.2, 0.25) is 5.02 Å². The highest BCUT2D eigenvalue weighted by Gasteiger charge is 2.25. The first-order chi connectivity index (χ1) is 12.9. The molecule has 1 aliphatic rings. The number of carbonyl (C=O) groups is 1. The number of esters is 1. The average molecular weight is 451 g/mol. The molecule has 0 aliphatic carbocycles. The van der Waals surface area contributed by atoms with Gasteiger partial charge in [-0.2, -0.15) is 0 Å². The van der Waals surface area contributed by atoms with Crippen LogP contribution in [0.5, 0.6) is 11.5 Å². The summed E-state index contributed by atoms with van der Waals surface area (Å²) < 4.78 is 17.2. The summed E-state index contributed by atoms with van der Waals surface area (Å²) >= 11 is 9.76. The zero-order valence-corrected chi connectivity index (χ0v) is 17.3. The van der Waals surface area contributed by atoms with Gasteiger partial charge in [0, 0.05) is 4.47 Å². The van der Waals surface area contributed by atoms with Crippen LogP contribution in [0.3, 0.4) is 0 Å². The zero-order chi connectivity index (χ0) is 19.6. The molecule has 0 saturated heterocycles. The van der Waals surface area contributed by atoms with Gasteiger partial charge in [-0.1, -0.05) is 23.7 Å². The minimum atomic E-state index is -0.529. The van der Waals surface area contributed by atoms with Crippen molar-refractivity contribution < 1.29 is 19.0 Å². The topological polar surface area (TPSA) is 57.1 Å². The monoisotopic (exact) mass is 449 g/mol. The molecular weight excluding hydrogens is 434 g/mol. The van der Waals surface area contributed by atoms with E-state index in [9.17, 15) is 4.79 Å². The first-order valence-electron chi connectivity index (χ1n) is 8.20. The van der Waals surface area contributed by atoms with E-state index < -0.39 is 5.97 Å². The lowest BCUT2D eigenvalue weighted by molar-refractivity contribution is -0.129. The van der Waals surface area contributed by atoms with Gasteiger partial charge in [0.2, 0.25) is 5.90 Å². The van der Waals surface area contributed by atoms with Crippen molar-refractivity contribution in [3.8, 4) is 11.5 Å². The summed E-state index contributed by atoms with van der Waals surface area (Å²) in [6.07, 6.45) is 1.54. The van der Waals surface area contributed by atoms with Crippen molar-refractivity contribution >= 4 is 45.5 Å². The van der Waals surface area contributed by atoms with Crippen molar-refractivity contribution in [2.75, 3.05) is 7.11 Å². The maximum atomic E-state index is 12.2. The van der Waals surface area contributed by atoms with Crippen LogP contribution in [0.15, 0.2) is 51.6 Å². The van der Waals surface area contributed by atoms with E-state index >= 15 is 0 Å². The maximum absolute atomic E-state index is 12.2. The first kappa shape index (κ1) is 19.5. The fraction of sp³-hybridized carbons (Fsp3) is 0.200. The van der Waals surface area contributed by atoms with Gasteiger partial charge in [-0.15, -0.1) is 0 Å². The number of benzene rings is 2. The Morgan fingerprint density at radius 3 is 2.67 bits per heavy atom. The number of aliphatic imine (C=N–C) groups is 1. The predicted molar refractivity (Wildman–Crippen MR) is 109 cm³/mol. The summed E-state index contributed by atoms with van der Waals surface area (Å²) in [6.45, 7) is 3.80. The van der Waals surface area contributed by atoms with E-state index in [1.165, 1.54) is 7.11 Å². The number of rotatable bonds is 5. The molecule has 0 fully saturated rings. The first-order valence-corrected chi connectivity index (χ1v) is 9.37. The molecule has 27 heavy (non-hydrogen) atoms. The van der Waals surface area contributed by atoms with Gasteiger partial charge in [-0.25, -0.2) is 9.79 Å². The number of ether oxygens (including phenoxy) is 3. The highest BCUT2D eigenvalue weighted by atomic mass is 79.9. The molecule has 0 atom stereocenters. The normalized spacial score (nSPS) is 15.1. The lowest BCUT2D eigenvalue weighted by Crippen LogP contribution is -2.07. The Morgan fingerprint density at radius 2 is 2.00 bits per heavy atom. The summed E-state index contributed by atoms with van der Waals surface area (Å²) in [5, 5.41) is 0.385. The van der Waals surface area contributed by atoms with E-state index in [0.29, 0.717) is 27.6 Å². The SMILES string of the molecule is COc1cc(/C=C2\N=C(c3ccccc3Br)OC2=O)cc(Cl)c1OC(C)C. The zero-order valence-electron chi connectivity index (χ0n) is 15.0. The summed E-state index contributed by atoms with van der Waals surface area (Å²) in [5.41, 5.74) is 1.53. The molecule has 3 rings (SSSR count). The van der Waals surface area contributed by atoms with E-state index in [4.69, 9.17) is 25.8 Å². The van der Waals surface area contributed by atoms with Crippen LogP contribution >= 0.6 is 27.5 Å². The van der Waals surface area contributed by atoms with Gasteiger partial charge in [-0.3, -0.25) is 0 Å². The quantitative estimate of drug-likeness (QED) is 0.461. The van der Waals surface area contributed by atoms with Crippen molar-refractivity contribution in [2.24, 2.45) is 4.99 Å². The van der Waals surface area contributed by atoms with Gasteiger partial charge in [0.15, 0.2) is 17.2 Å². The molecule has 1 heterocycles. The Hall–Kier alpha value is -2.31. The number of nitrogens with zero attached hydrogens (tertiary/aromatic N) is 1. The molecule has 0 radical (unpaired) electrons.